The van der Waals surface area contributed by atoms with E-state index in [0.29, 0.717) is 6.61 Å². The second-order valence-corrected chi connectivity index (χ2v) is 14.0. The molecule has 2 fully saturated rings. The van der Waals surface area contributed by atoms with Crippen LogP contribution in [0.3, 0.4) is 0 Å². The van der Waals surface area contributed by atoms with Gasteiger partial charge < -0.3 is 25.2 Å². The molecule has 8 heteroatoms. The van der Waals surface area contributed by atoms with Gasteiger partial charge in [0.2, 0.25) is 11.8 Å². The average molecular weight is 595 g/mol. The molecule has 1 heterocycles. The largest absolute Gasteiger partial charge is 0.481 e. The van der Waals surface area contributed by atoms with E-state index >= 15 is 0 Å². The Morgan fingerprint density at radius 2 is 1.48 bits per heavy atom. The molecule has 42 heavy (non-hydrogen) atoms. The minimum absolute atomic E-state index is 0.0121. The van der Waals surface area contributed by atoms with Gasteiger partial charge in [-0.1, -0.05) is 105 Å². The molecule has 2 amide bonds. The molecule has 8 nitrogen and oxygen atoms in total. The molecule has 5 atom stereocenters. The number of unbranched alkanes of at least 4 members (excludes halogenated alkanes) is 9. The van der Waals surface area contributed by atoms with Crippen LogP contribution in [0.5, 0.6) is 0 Å². The molecule has 2 rings (SSSR count). The first-order chi connectivity index (χ1) is 19.9. The Labute approximate surface area is 255 Å². The van der Waals surface area contributed by atoms with Crippen molar-refractivity contribution in [2.24, 2.45) is 23.2 Å². The van der Waals surface area contributed by atoms with Gasteiger partial charge in [0.15, 0.2) is 5.79 Å². The van der Waals surface area contributed by atoms with E-state index in [-0.39, 0.29) is 36.2 Å². The van der Waals surface area contributed by atoms with Gasteiger partial charge in [0.25, 0.3) is 0 Å². The number of rotatable bonds is 19. The minimum Gasteiger partial charge on any atom is -0.481 e. The summed E-state index contributed by atoms with van der Waals surface area (Å²) in [6.07, 6.45) is 17.0. The summed E-state index contributed by atoms with van der Waals surface area (Å²) in [7, 11) is 0. The van der Waals surface area contributed by atoms with Gasteiger partial charge in [0.1, 0.15) is 6.10 Å². The van der Waals surface area contributed by atoms with Crippen molar-refractivity contribution in [3.8, 4) is 0 Å². The highest BCUT2D eigenvalue weighted by Gasteiger charge is 2.46. The lowest BCUT2D eigenvalue weighted by Gasteiger charge is -2.45. The Hall–Kier alpha value is -1.67. The second-order valence-electron chi connectivity index (χ2n) is 14.0. The van der Waals surface area contributed by atoms with Crippen LogP contribution in [0.4, 0.5) is 0 Å². The molecule has 5 unspecified atom stereocenters. The summed E-state index contributed by atoms with van der Waals surface area (Å²) in [6, 6.07) is -0.194. The van der Waals surface area contributed by atoms with E-state index in [0.717, 1.165) is 51.4 Å². The standard InChI is InChI=1S/C34H62N2O6/c1-7-9-10-11-12-13-14-15-16-17-20-25(8-2)30(37)36-28-22-19-18-21-26(28)27(32(39)40)23-35-31(38)29-33(3,4)24-41-34(5,6)42-29/h25-29H,7-24H2,1-6H3,(H,35,38)(H,36,37)(H,39,40). The molecule has 1 aliphatic carbocycles. The van der Waals surface area contributed by atoms with Crippen LogP contribution in [0.25, 0.3) is 0 Å². The number of carboxylic acids is 1. The summed E-state index contributed by atoms with van der Waals surface area (Å²) in [6.45, 7) is 12.1. The van der Waals surface area contributed by atoms with Crippen LogP contribution in [-0.2, 0) is 23.9 Å². The van der Waals surface area contributed by atoms with Crippen molar-refractivity contribution < 1.29 is 29.0 Å². The van der Waals surface area contributed by atoms with E-state index in [4.69, 9.17) is 9.47 Å². The van der Waals surface area contributed by atoms with E-state index in [9.17, 15) is 19.5 Å². The van der Waals surface area contributed by atoms with Gasteiger partial charge in [-0.2, -0.15) is 0 Å². The molecule has 3 N–H and O–H groups in total. The summed E-state index contributed by atoms with van der Waals surface area (Å²) >= 11 is 0. The van der Waals surface area contributed by atoms with Gasteiger partial charge in [-0.3, -0.25) is 14.4 Å². The number of hydrogen-bond donors (Lipinski definition) is 3. The molecule has 0 bridgehead atoms. The first kappa shape index (κ1) is 36.5. The van der Waals surface area contributed by atoms with Crippen LogP contribution in [0.1, 0.15) is 144 Å². The topological polar surface area (TPSA) is 114 Å². The average Bonchev–Trinajstić information content (AvgIpc) is 2.94. The first-order valence-corrected chi connectivity index (χ1v) is 17.0. The highest BCUT2D eigenvalue weighted by molar-refractivity contribution is 5.82. The lowest BCUT2D eigenvalue weighted by atomic mass is 9.75. The number of carbonyl (C=O) groups excluding carboxylic acids is 2. The van der Waals surface area contributed by atoms with E-state index in [2.05, 4.69) is 24.5 Å². The molecule has 0 spiro atoms. The molecular weight excluding hydrogens is 532 g/mol. The number of carbonyl (C=O) groups is 3. The SMILES string of the molecule is CCCCCCCCCCCCC(CC)C(=O)NC1CCCCC1C(CNC(=O)C1OC(C)(C)OCC1(C)C)C(=O)O. The van der Waals surface area contributed by atoms with Gasteiger partial charge in [-0.05, 0) is 45.4 Å². The monoisotopic (exact) mass is 594 g/mol. The van der Waals surface area contributed by atoms with Crippen molar-refractivity contribution in [3.05, 3.63) is 0 Å². The minimum atomic E-state index is -0.939. The molecule has 1 saturated heterocycles. The number of ether oxygens (including phenoxy) is 2. The highest BCUT2D eigenvalue weighted by atomic mass is 16.7. The van der Waals surface area contributed by atoms with Crippen molar-refractivity contribution in [2.45, 2.75) is 162 Å². The summed E-state index contributed by atoms with van der Waals surface area (Å²) in [5, 5.41) is 16.3. The van der Waals surface area contributed by atoms with Crippen LogP contribution in [0, 0.1) is 23.2 Å². The number of hydrogen-bond acceptors (Lipinski definition) is 5. The van der Waals surface area contributed by atoms with Crippen molar-refractivity contribution in [2.75, 3.05) is 13.2 Å². The highest BCUT2D eigenvalue weighted by Crippen LogP contribution is 2.35. The Morgan fingerprint density at radius 1 is 0.881 bits per heavy atom. The van der Waals surface area contributed by atoms with Crippen molar-refractivity contribution in [1.82, 2.24) is 10.6 Å². The zero-order valence-electron chi connectivity index (χ0n) is 27.6. The number of amides is 2. The second kappa shape index (κ2) is 18.2. The lowest BCUT2D eigenvalue weighted by molar-refractivity contribution is -0.304. The van der Waals surface area contributed by atoms with Crippen LogP contribution >= 0.6 is 0 Å². The van der Waals surface area contributed by atoms with Gasteiger partial charge in [-0.25, -0.2) is 0 Å². The Morgan fingerprint density at radius 3 is 2.07 bits per heavy atom. The Bertz CT molecular complexity index is 829. The molecule has 0 radical (unpaired) electrons. The fourth-order valence-corrected chi connectivity index (χ4v) is 6.57. The van der Waals surface area contributed by atoms with Crippen molar-refractivity contribution in [1.29, 1.82) is 0 Å². The number of aliphatic carboxylic acids is 1. The van der Waals surface area contributed by atoms with Crippen LogP contribution in [0.2, 0.25) is 0 Å². The number of nitrogens with one attached hydrogen (secondary N) is 2. The summed E-state index contributed by atoms with van der Waals surface area (Å²) in [5.74, 6) is -3.13. The quantitative estimate of drug-likeness (QED) is 0.139. The smallest absolute Gasteiger partial charge is 0.308 e. The van der Waals surface area contributed by atoms with Gasteiger partial charge in [0, 0.05) is 23.9 Å². The van der Waals surface area contributed by atoms with Crippen molar-refractivity contribution in [3.63, 3.8) is 0 Å². The van der Waals surface area contributed by atoms with E-state index in [1.165, 1.54) is 51.4 Å². The van der Waals surface area contributed by atoms with E-state index in [1.54, 1.807) is 13.8 Å². The normalized spacial score (nSPS) is 24.9. The van der Waals surface area contributed by atoms with Crippen LogP contribution in [-0.4, -0.2) is 54.0 Å². The third-order valence-corrected chi connectivity index (χ3v) is 9.39. The summed E-state index contributed by atoms with van der Waals surface area (Å²) < 4.78 is 11.7. The van der Waals surface area contributed by atoms with Crippen LogP contribution < -0.4 is 10.6 Å². The van der Waals surface area contributed by atoms with Gasteiger partial charge in [0.05, 0.1) is 12.5 Å². The van der Waals surface area contributed by atoms with E-state index < -0.39 is 29.2 Å². The third-order valence-electron chi connectivity index (χ3n) is 9.39. The first-order valence-electron chi connectivity index (χ1n) is 17.0. The van der Waals surface area contributed by atoms with Gasteiger partial charge >= 0.3 is 5.97 Å². The Balaban J connectivity index is 1.87. The molecule has 0 aromatic heterocycles. The zero-order chi connectivity index (χ0) is 31.2. The van der Waals surface area contributed by atoms with E-state index in [1.807, 2.05) is 13.8 Å². The summed E-state index contributed by atoms with van der Waals surface area (Å²) in [4.78, 5) is 38.9. The molecule has 244 valence electrons. The molecule has 2 aliphatic rings. The molecule has 0 aromatic carbocycles. The zero-order valence-corrected chi connectivity index (χ0v) is 27.6. The molecule has 0 aromatic rings. The molecule has 1 saturated carbocycles. The van der Waals surface area contributed by atoms with Crippen molar-refractivity contribution >= 4 is 17.8 Å². The lowest BCUT2D eigenvalue weighted by Crippen LogP contribution is -2.57. The van der Waals surface area contributed by atoms with Crippen LogP contribution in [0.15, 0.2) is 0 Å². The molecular formula is C34H62N2O6. The molecule has 1 aliphatic heterocycles. The fourth-order valence-electron chi connectivity index (χ4n) is 6.57. The predicted molar refractivity (Wildman–Crippen MR) is 167 cm³/mol. The predicted octanol–water partition coefficient (Wildman–Crippen LogP) is 6.99. The maximum Gasteiger partial charge on any atom is 0.308 e. The number of carboxylic acid groups (broad SMARTS) is 1. The fraction of sp³-hybridized carbons (Fsp3) is 0.912. The third kappa shape index (κ3) is 12.1. The maximum atomic E-state index is 13.3. The maximum absolute atomic E-state index is 13.3. The Kier molecular flexibility index (Phi) is 15.8. The summed E-state index contributed by atoms with van der Waals surface area (Å²) in [5.41, 5.74) is -0.539. The van der Waals surface area contributed by atoms with Gasteiger partial charge in [-0.15, -0.1) is 0 Å².